The number of hydrogen-bond donors (Lipinski definition) is 0. The van der Waals surface area contributed by atoms with E-state index in [1.54, 1.807) is 0 Å². The van der Waals surface area contributed by atoms with E-state index in [9.17, 15) is 14.9 Å². The number of para-hydroxylation sites is 1. The molecule has 2 aromatic carbocycles. The molecule has 0 bridgehead atoms. The highest BCUT2D eigenvalue weighted by Crippen LogP contribution is 2.26. The SMILES string of the molecule is O=c1ccc([N+](=O)[O-])cn1Cc1nc2ccccc2c2ccccc12. The Hall–Kier alpha value is -3.54. The molecule has 0 saturated heterocycles. The molecular formula is C19H13N3O3. The Balaban J connectivity index is 1.94. The third-order valence-corrected chi connectivity index (χ3v) is 4.19. The molecule has 0 N–H and O–H groups in total. The van der Waals surface area contributed by atoms with Crippen molar-refractivity contribution < 1.29 is 4.92 Å². The van der Waals surface area contributed by atoms with Crippen molar-refractivity contribution in [3.8, 4) is 0 Å². The molecule has 0 spiro atoms. The predicted molar refractivity (Wildman–Crippen MR) is 95.7 cm³/mol. The van der Waals surface area contributed by atoms with Gasteiger partial charge in [0.25, 0.3) is 11.2 Å². The van der Waals surface area contributed by atoms with Crippen LogP contribution in [0.3, 0.4) is 0 Å². The van der Waals surface area contributed by atoms with Crippen LogP contribution in [0.25, 0.3) is 21.7 Å². The maximum Gasteiger partial charge on any atom is 0.285 e. The van der Waals surface area contributed by atoms with Crippen molar-refractivity contribution in [1.29, 1.82) is 0 Å². The smallest absolute Gasteiger partial charge is 0.285 e. The molecule has 2 aromatic heterocycles. The van der Waals surface area contributed by atoms with E-state index >= 15 is 0 Å². The Labute approximate surface area is 142 Å². The Bertz CT molecular complexity index is 1180. The summed E-state index contributed by atoms with van der Waals surface area (Å²) in [5.41, 5.74) is 1.11. The van der Waals surface area contributed by atoms with Crippen LogP contribution in [0.2, 0.25) is 0 Å². The molecule has 0 aliphatic rings. The van der Waals surface area contributed by atoms with Crippen LogP contribution in [0, 0.1) is 10.1 Å². The average Bonchev–Trinajstić information content (AvgIpc) is 2.63. The van der Waals surface area contributed by atoms with Crippen LogP contribution < -0.4 is 5.56 Å². The van der Waals surface area contributed by atoms with Gasteiger partial charge >= 0.3 is 0 Å². The lowest BCUT2D eigenvalue weighted by atomic mass is 10.0. The van der Waals surface area contributed by atoms with Crippen LogP contribution in [0.4, 0.5) is 5.69 Å². The molecule has 2 heterocycles. The zero-order valence-electron chi connectivity index (χ0n) is 13.1. The molecule has 4 rings (SSSR count). The van der Waals surface area contributed by atoms with E-state index in [-0.39, 0.29) is 17.8 Å². The monoisotopic (exact) mass is 331 g/mol. The molecule has 0 saturated carbocycles. The van der Waals surface area contributed by atoms with Crippen LogP contribution in [0.1, 0.15) is 5.69 Å². The maximum absolute atomic E-state index is 12.1. The standard InChI is InChI=1S/C19H13N3O3/c23-19-10-9-13(22(24)25)11-21(19)12-18-16-7-2-1-5-14(16)15-6-3-4-8-17(15)20-18/h1-11H,12H2. The van der Waals surface area contributed by atoms with E-state index in [2.05, 4.69) is 4.98 Å². The van der Waals surface area contributed by atoms with Crippen molar-refractivity contribution in [1.82, 2.24) is 9.55 Å². The summed E-state index contributed by atoms with van der Waals surface area (Å²) in [5, 5.41) is 14.0. The lowest BCUT2D eigenvalue weighted by Gasteiger charge is -2.11. The minimum Gasteiger partial charge on any atom is -0.303 e. The Morgan fingerprint density at radius 3 is 2.36 bits per heavy atom. The van der Waals surface area contributed by atoms with Crippen LogP contribution in [-0.4, -0.2) is 14.5 Å². The van der Waals surface area contributed by atoms with E-state index < -0.39 is 4.92 Å². The number of fused-ring (bicyclic) bond motifs is 3. The summed E-state index contributed by atoms with van der Waals surface area (Å²) in [6.45, 7) is 0.172. The van der Waals surface area contributed by atoms with E-state index in [1.807, 2.05) is 48.5 Å². The topological polar surface area (TPSA) is 78.0 Å². The molecule has 6 heteroatoms. The van der Waals surface area contributed by atoms with Crippen molar-refractivity contribution in [3.05, 3.63) is 93.0 Å². The fraction of sp³-hybridized carbons (Fsp3) is 0.0526. The van der Waals surface area contributed by atoms with Crippen molar-refractivity contribution in [2.45, 2.75) is 6.54 Å². The Kier molecular flexibility index (Phi) is 3.50. The van der Waals surface area contributed by atoms with Gasteiger partial charge in [-0.3, -0.25) is 19.9 Å². The third kappa shape index (κ3) is 2.63. The van der Waals surface area contributed by atoms with E-state index in [0.717, 1.165) is 21.7 Å². The summed E-state index contributed by atoms with van der Waals surface area (Å²) in [6, 6.07) is 18.1. The van der Waals surface area contributed by atoms with Gasteiger partial charge in [-0.05, 0) is 11.5 Å². The first kappa shape index (κ1) is 15.0. The molecule has 122 valence electrons. The van der Waals surface area contributed by atoms with E-state index in [4.69, 9.17) is 0 Å². The summed E-state index contributed by atoms with van der Waals surface area (Å²) in [4.78, 5) is 27.3. The summed E-state index contributed by atoms with van der Waals surface area (Å²) in [6.07, 6.45) is 1.26. The lowest BCUT2D eigenvalue weighted by Crippen LogP contribution is -2.20. The first-order valence-electron chi connectivity index (χ1n) is 7.75. The Morgan fingerprint density at radius 1 is 0.920 bits per heavy atom. The first-order valence-corrected chi connectivity index (χ1v) is 7.75. The highest BCUT2D eigenvalue weighted by molar-refractivity contribution is 6.06. The maximum atomic E-state index is 12.1. The molecule has 0 aliphatic carbocycles. The summed E-state index contributed by atoms with van der Waals surface area (Å²) >= 11 is 0. The highest BCUT2D eigenvalue weighted by Gasteiger charge is 2.12. The number of rotatable bonds is 3. The van der Waals surface area contributed by atoms with Gasteiger partial charge in [-0.15, -0.1) is 0 Å². The van der Waals surface area contributed by atoms with Crippen LogP contribution in [0.15, 0.2) is 71.7 Å². The zero-order chi connectivity index (χ0) is 17.4. The normalized spacial score (nSPS) is 11.0. The molecule has 0 aliphatic heterocycles. The second kappa shape index (κ2) is 5.83. The molecule has 25 heavy (non-hydrogen) atoms. The van der Waals surface area contributed by atoms with Gasteiger partial charge < -0.3 is 4.57 Å². The number of nitro groups is 1. The van der Waals surface area contributed by atoms with Crippen LogP contribution in [0.5, 0.6) is 0 Å². The molecule has 0 radical (unpaired) electrons. The first-order chi connectivity index (χ1) is 12.1. The molecular weight excluding hydrogens is 318 g/mol. The van der Waals surface area contributed by atoms with Gasteiger partial charge in [0.15, 0.2) is 0 Å². The molecule has 4 aromatic rings. The molecule has 0 atom stereocenters. The minimum atomic E-state index is -0.512. The summed E-state index contributed by atoms with van der Waals surface area (Å²) in [5.74, 6) is 0. The summed E-state index contributed by atoms with van der Waals surface area (Å²) in [7, 11) is 0. The quantitative estimate of drug-likeness (QED) is 0.327. The van der Waals surface area contributed by atoms with E-state index in [1.165, 1.54) is 22.9 Å². The van der Waals surface area contributed by atoms with Gasteiger partial charge in [0.2, 0.25) is 0 Å². The largest absolute Gasteiger partial charge is 0.303 e. The van der Waals surface area contributed by atoms with Gasteiger partial charge in [-0.2, -0.15) is 0 Å². The lowest BCUT2D eigenvalue weighted by molar-refractivity contribution is -0.385. The second-order valence-electron chi connectivity index (χ2n) is 5.73. The number of benzene rings is 2. The van der Waals surface area contributed by atoms with Crippen molar-refractivity contribution in [3.63, 3.8) is 0 Å². The van der Waals surface area contributed by atoms with Gasteiger partial charge in [-0.25, -0.2) is 0 Å². The highest BCUT2D eigenvalue weighted by atomic mass is 16.6. The number of nitrogens with zero attached hydrogens (tertiary/aromatic N) is 3. The van der Waals surface area contributed by atoms with Crippen LogP contribution >= 0.6 is 0 Å². The van der Waals surface area contributed by atoms with E-state index in [0.29, 0.717) is 5.69 Å². The van der Waals surface area contributed by atoms with Crippen molar-refractivity contribution in [2.75, 3.05) is 0 Å². The van der Waals surface area contributed by atoms with Gasteiger partial charge in [0.1, 0.15) is 0 Å². The summed E-state index contributed by atoms with van der Waals surface area (Å²) < 4.78 is 1.32. The zero-order valence-corrected chi connectivity index (χ0v) is 13.1. The van der Waals surface area contributed by atoms with Crippen molar-refractivity contribution in [2.24, 2.45) is 0 Å². The van der Waals surface area contributed by atoms with Gasteiger partial charge in [0.05, 0.1) is 28.9 Å². The van der Waals surface area contributed by atoms with Crippen molar-refractivity contribution >= 4 is 27.4 Å². The van der Waals surface area contributed by atoms with Gasteiger partial charge in [-0.1, -0.05) is 42.5 Å². The van der Waals surface area contributed by atoms with Gasteiger partial charge in [0, 0.05) is 22.9 Å². The number of aromatic nitrogens is 2. The fourth-order valence-corrected chi connectivity index (χ4v) is 3.01. The molecule has 6 nitrogen and oxygen atoms in total. The second-order valence-corrected chi connectivity index (χ2v) is 5.73. The number of pyridine rings is 2. The minimum absolute atomic E-state index is 0.121. The third-order valence-electron chi connectivity index (χ3n) is 4.19. The molecule has 0 fully saturated rings. The van der Waals surface area contributed by atoms with Crippen LogP contribution in [-0.2, 0) is 6.54 Å². The Morgan fingerprint density at radius 2 is 1.60 bits per heavy atom. The molecule has 0 unspecified atom stereocenters. The fourth-order valence-electron chi connectivity index (χ4n) is 3.01. The molecule has 0 amide bonds. The predicted octanol–water partition coefficient (Wildman–Crippen LogP) is 3.51. The average molecular weight is 331 g/mol. The number of hydrogen-bond acceptors (Lipinski definition) is 4.